The zero-order valence-electron chi connectivity index (χ0n) is 28.1. The molecule has 0 aliphatic carbocycles. The molecule has 0 aromatic heterocycles. The van der Waals surface area contributed by atoms with E-state index in [2.05, 4.69) is 34.8 Å². The fourth-order valence-corrected chi connectivity index (χ4v) is 4.46. The number of ketones is 2. The second-order valence-corrected chi connectivity index (χ2v) is 11.6. The van der Waals surface area contributed by atoms with E-state index >= 15 is 0 Å². The van der Waals surface area contributed by atoms with Gasteiger partial charge < -0.3 is 31.2 Å². The minimum Gasteiger partial charge on any atom is -0.378 e. The average molecular weight is 632 g/mol. The first kappa shape index (κ1) is 40.1. The largest absolute Gasteiger partial charge is 0.378 e. The number of carbonyl (C=O) groups is 4. The lowest BCUT2D eigenvalue weighted by atomic mass is 9.84. The summed E-state index contributed by atoms with van der Waals surface area (Å²) in [5, 5.41) is 11.9. The number of unbranched alkanes of at least 4 members (excludes halogenated alkanes) is 1. The van der Waals surface area contributed by atoms with Crippen LogP contribution in [0.15, 0.2) is 36.9 Å². The molecular formula is C34H57N5O6. The van der Waals surface area contributed by atoms with E-state index in [9.17, 15) is 19.2 Å². The average Bonchev–Trinajstić information content (AvgIpc) is 3.05. The minimum absolute atomic E-state index is 0.000118. The summed E-state index contributed by atoms with van der Waals surface area (Å²) < 4.78 is 10.8. The second-order valence-electron chi connectivity index (χ2n) is 11.6. The summed E-state index contributed by atoms with van der Waals surface area (Å²) in [6, 6.07) is 6.81. The van der Waals surface area contributed by atoms with Gasteiger partial charge in [-0.05, 0) is 70.7 Å². The van der Waals surface area contributed by atoms with E-state index in [1.165, 1.54) is 11.6 Å². The third kappa shape index (κ3) is 15.3. The molecular weight excluding hydrogens is 574 g/mol. The smallest absolute Gasteiger partial charge is 0.251 e. The van der Waals surface area contributed by atoms with Gasteiger partial charge >= 0.3 is 0 Å². The highest BCUT2D eigenvalue weighted by Crippen LogP contribution is 2.19. The van der Waals surface area contributed by atoms with Crippen molar-refractivity contribution in [3.63, 3.8) is 0 Å². The number of Topliss-reactive ketones (excluding diaryl/α,β-unsaturated/α-hetero) is 2. The van der Waals surface area contributed by atoms with Crippen LogP contribution in [0.2, 0.25) is 0 Å². The first-order valence-electron chi connectivity index (χ1n) is 16.2. The summed E-state index contributed by atoms with van der Waals surface area (Å²) in [5.41, 5.74) is 5.78. The number of likely N-dealkylation sites (N-methyl/N-ethyl adjacent to an activating group) is 1. The number of ether oxygens (including phenoxy) is 2. The molecule has 0 saturated carbocycles. The number of carbonyl (C=O) groups excluding carboxylic acids is 4. The molecule has 0 spiro atoms. The first-order valence-corrected chi connectivity index (χ1v) is 16.2. The molecule has 1 aromatic rings. The van der Waals surface area contributed by atoms with Crippen molar-refractivity contribution in [2.75, 3.05) is 53.1 Å². The summed E-state index contributed by atoms with van der Waals surface area (Å²) in [4.78, 5) is 51.6. The van der Waals surface area contributed by atoms with Crippen molar-refractivity contribution in [1.29, 1.82) is 0 Å². The molecule has 0 heterocycles. The Kier molecular flexibility index (Phi) is 19.3. The number of rotatable bonds is 26. The maximum absolute atomic E-state index is 13.5. The van der Waals surface area contributed by atoms with Crippen LogP contribution in [-0.4, -0.2) is 93.6 Å². The highest BCUT2D eigenvalue weighted by molar-refractivity contribution is 5.96. The Morgan fingerprint density at radius 1 is 0.911 bits per heavy atom. The van der Waals surface area contributed by atoms with Crippen LogP contribution in [-0.2, 0) is 30.3 Å². The molecule has 0 aliphatic heterocycles. The predicted molar refractivity (Wildman–Crippen MR) is 178 cm³/mol. The fraction of sp³-hybridized carbons (Fsp3) is 0.647. The molecule has 0 bridgehead atoms. The van der Waals surface area contributed by atoms with Crippen molar-refractivity contribution in [3.8, 4) is 0 Å². The van der Waals surface area contributed by atoms with Crippen LogP contribution >= 0.6 is 0 Å². The van der Waals surface area contributed by atoms with Gasteiger partial charge in [-0.3, -0.25) is 24.5 Å². The predicted octanol–water partition coefficient (Wildman–Crippen LogP) is 2.47. The second kappa shape index (κ2) is 21.7. The molecule has 6 N–H and O–H groups in total. The number of nitrogens with one attached hydrogen (secondary N) is 4. The number of hydrogen-bond donors (Lipinski definition) is 5. The minimum atomic E-state index is -1.24. The van der Waals surface area contributed by atoms with Crippen molar-refractivity contribution >= 4 is 23.4 Å². The fourth-order valence-electron chi connectivity index (χ4n) is 4.46. The Morgan fingerprint density at radius 3 is 2.13 bits per heavy atom. The van der Waals surface area contributed by atoms with Crippen molar-refractivity contribution in [3.05, 3.63) is 48.0 Å². The van der Waals surface area contributed by atoms with Crippen molar-refractivity contribution in [1.82, 2.24) is 21.3 Å². The van der Waals surface area contributed by atoms with Crippen LogP contribution in [0.3, 0.4) is 0 Å². The van der Waals surface area contributed by atoms with E-state index in [0.717, 1.165) is 13.0 Å². The summed E-state index contributed by atoms with van der Waals surface area (Å²) in [6.07, 6.45) is 4.47. The lowest BCUT2D eigenvalue weighted by Gasteiger charge is -2.34. The van der Waals surface area contributed by atoms with Gasteiger partial charge in [-0.1, -0.05) is 32.1 Å². The molecule has 0 saturated heterocycles. The van der Waals surface area contributed by atoms with Crippen LogP contribution in [0.4, 0.5) is 0 Å². The third-order valence-electron chi connectivity index (χ3n) is 7.92. The molecule has 0 radical (unpaired) electrons. The van der Waals surface area contributed by atoms with Crippen LogP contribution < -0.4 is 27.0 Å². The molecule has 3 unspecified atom stereocenters. The van der Waals surface area contributed by atoms with Gasteiger partial charge in [0.1, 0.15) is 0 Å². The number of amides is 2. The van der Waals surface area contributed by atoms with Gasteiger partial charge in [-0.2, -0.15) is 0 Å². The number of hydrogen-bond acceptors (Lipinski definition) is 9. The van der Waals surface area contributed by atoms with Crippen molar-refractivity contribution in [2.45, 2.75) is 89.8 Å². The van der Waals surface area contributed by atoms with Crippen LogP contribution in [0, 0.1) is 0 Å². The third-order valence-corrected chi connectivity index (χ3v) is 7.92. The number of nitrogens with two attached hydrogens (primary N) is 1. The number of aryl methyl sites for hydroxylation is 1. The van der Waals surface area contributed by atoms with Gasteiger partial charge in [-0.25, -0.2) is 0 Å². The highest BCUT2D eigenvalue weighted by atomic mass is 16.5. The van der Waals surface area contributed by atoms with Crippen LogP contribution in [0.25, 0.3) is 0 Å². The lowest BCUT2D eigenvalue weighted by Crippen LogP contribution is -2.60. The molecule has 1 rings (SSSR count). The Bertz CT molecular complexity index is 1060. The maximum Gasteiger partial charge on any atom is 0.251 e. The quantitative estimate of drug-likeness (QED) is 0.0764. The molecule has 0 aliphatic rings. The van der Waals surface area contributed by atoms with Gasteiger partial charge in [0.15, 0.2) is 11.6 Å². The molecule has 45 heavy (non-hydrogen) atoms. The van der Waals surface area contributed by atoms with Gasteiger partial charge in [0.05, 0.1) is 43.5 Å². The van der Waals surface area contributed by atoms with Crippen molar-refractivity contribution in [2.24, 2.45) is 5.73 Å². The summed E-state index contributed by atoms with van der Waals surface area (Å²) in [7, 11) is 1.85. The Labute approximate surface area is 269 Å². The van der Waals surface area contributed by atoms with Crippen molar-refractivity contribution < 1.29 is 28.7 Å². The van der Waals surface area contributed by atoms with E-state index in [1.54, 1.807) is 13.8 Å². The topological polar surface area (TPSA) is 161 Å². The Hall–Kier alpha value is -2.96. The van der Waals surface area contributed by atoms with E-state index in [4.69, 9.17) is 15.2 Å². The lowest BCUT2D eigenvalue weighted by molar-refractivity contribution is -0.130. The first-order chi connectivity index (χ1) is 21.4. The molecule has 0 fully saturated rings. The monoisotopic (exact) mass is 631 g/mol. The van der Waals surface area contributed by atoms with E-state index in [-0.39, 0.29) is 36.2 Å². The zero-order chi connectivity index (χ0) is 33.7. The Balaban J connectivity index is 2.61. The molecule has 3 atom stereocenters. The van der Waals surface area contributed by atoms with E-state index in [0.29, 0.717) is 70.8 Å². The SMILES string of the molecule is C=CC(C)(NC(CCCCNC(=O)c1ccc(CC)cc1)C(=O)C(C)(N)CC)C(=O)CCC(=O)NCCOCCOCCNC. The van der Waals surface area contributed by atoms with Gasteiger partial charge in [-0.15, -0.1) is 6.58 Å². The standard InChI is InChI=1S/C34H57N5O6/c1-7-26-13-15-27(16-14-26)32(43)38-19-11-10-12-28(31(42)33(4,35)8-2)39-34(5,9-3)29(40)17-18-30(41)37-21-23-45-25-24-44-22-20-36-6/h9,13-16,28,36,39H,3,7-8,10-12,17-25,35H2,1-2,4-6H3,(H,37,41)(H,38,43). The summed E-state index contributed by atoms with van der Waals surface area (Å²) >= 11 is 0. The van der Waals surface area contributed by atoms with Crippen LogP contribution in [0.5, 0.6) is 0 Å². The van der Waals surface area contributed by atoms with Gasteiger partial charge in [0.25, 0.3) is 5.91 Å². The Morgan fingerprint density at radius 2 is 1.56 bits per heavy atom. The van der Waals surface area contributed by atoms with Gasteiger partial charge in [0.2, 0.25) is 5.91 Å². The summed E-state index contributed by atoms with van der Waals surface area (Å²) in [6.45, 7) is 14.5. The molecule has 11 nitrogen and oxygen atoms in total. The number of benzene rings is 1. The molecule has 254 valence electrons. The normalized spacial score (nSPS) is 14.5. The van der Waals surface area contributed by atoms with Gasteiger partial charge in [0, 0.05) is 38.0 Å². The molecule has 11 heteroatoms. The van der Waals surface area contributed by atoms with Crippen LogP contribution in [0.1, 0.15) is 82.1 Å². The van der Waals surface area contributed by atoms with E-state index < -0.39 is 17.1 Å². The highest BCUT2D eigenvalue weighted by Gasteiger charge is 2.38. The molecule has 1 aromatic carbocycles. The zero-order valence-corrected chi connectivity index (χ0v) is 28.1. The summed E-state index contributed by atoms with van der Waals surface area (Å²) in [5.74, 6) is -0.858. The van der Waals surface area contributed by atoms with E-state index in [1.807, 2.05) is 38.2 Å². The maximum atomic E-state index is 13.5. The molecule has 2 amide bonds.